The molecule has 11 nitrogen and oxygen atoms in total. The third-order valence-electron chi connectivity index (χ3n) is 7.93. The Morgan fingerprint density at radius 2 is 1.75 bits per heavy atom. The quantitative estimate of drug-likeness (QED) is 0.440. The number of benzene rings is 2. The summed E-state index contributed by atoms with van der Waals surface area (Å²) in [7, 11) is -4.17. The number of nitrogens with one attached hydrogen (secondary N) is 1. The lowest BCUT2D eigenvalue weighted by atomic mass is 9.86. The first-order valence-corrected chi connectivity index (χ1v) is 16.1. The zero-order valence-corrected chi connectivity index (χ0v) is 26.5. The van der Waals surface area contributed by atoms with E-state index in [2.05, 4.69) is 35.5 Å². The third kappa shape index (κ3) is 6.86. The van der Waals surface area contributed by atoms with Gasteiger partial charge in [0.25, 0.3) is 15.9 Å². The lowest BCUT2D eigenvalue weighted by Gasteiger charge is -2.44. The van der Waals surface area contributed by atoms with E-state index in [0.717, 1.165) is 16.7 Å². The maximum absolute atomic E-state index is 14.2. The predicted molar refractivity (Wildman–Crippen MR) is 166 cm³/mol. The summed E-state index contributed by atoms with van der Waals surface area (Å²) in [5.41, 5.74) is 3.32. The number of anilines is 1. The van der Waals surface area contributed by atoms with Crippen molar-refractivity contribution in [2.75, 3.05) is 37.6 Å². The number of likely N-dealkylation sites (tertiary alicyclic amines) is 1. The van der Waals surface area contributed by atoms with Gasteiger partial charge < -0.3 is 19.6 Å². The Bertz CT molecular complexity index is 1660. The molecule has 0 unspecified atom stereocenters. The molecule has 1 fully saturated rings. The number of aliphatic hydroxyl groups is 1. The van der Waals surface area contributed by atoms with Gasteiger partial charge in [0, 0.05) is 42.7 Å². The van der Waals surface area contributed by atoms with Crippen LogP contribution >= 0.6 is 0 Å². The molecule has 1 atom stereocenters. The summed E-state index contributed by atoms with van der Waals surface area (Å²) in [6.45, 7) is 10.9. The van der Waals surface area contributed by atoms with Gasteiger partial charge in [-0.3, -0.25) is 9.59 Å². The van der Waals surface area contributed by atoms with Crippen LogP contribution in [0.4, 0.5) is 5.95 Å². The van der Waals surface area contributed by atoms with Crippen LogP contribution in [0.3, 0.4) is 0 Å². The minimum atomic E-state index is -4.17. The van der Waals surface area contributed by atoms with E-state index in [1.165, 1.54) is 12.1 Å². The van der Waals surface area contributed by atoms with Crippen molar-refractivity contribution in [2.24, 2.45) is 11.3 Å². The summed E-state index contributed by atoms with van der Waals surface area (Å²) in [5.74, 6) is -0.654. The fourth-order valence-corrected chi connectivity index (χ4v) is 6.83. The average molecular weight is 622 g/mol. The smallest absolute Gasteiger partial charge is 0.264 e. The molecule has 234 valence electrons. The lowest BCUT2D eigenvalue weighted by molar-refractivity contribution is -0.141. The van der Waals surface area contributed by atoms with E-state index < -0.39 is 22.7 Å². The van der Waals surface area contributed by atoms with Crippen molar-refractivity contribution in [3.05, 3.63) is 65.2 Å². The normalized spacial score (nSPS) is 18.7. The topological polar surface area (TPSA) is 142 Å². The number of aryl methyl sites for hydroxylation is 2. The van der Waals surface area contributed by atoms with E-state index >= 15 is 0 Å². The molecular formula is C32H39N5O6S. The molecule has 0 spiro atoms. The number of nitrogens with zero attached hydrogens (tertiary/aromatic N) is 4. The van der Waals surface area contributed by atoms with E-state index in [4.69, 9.17) is 4.74 Å². The van der Waals surface area contributed by atoms with Crippen LogP contribution in [0.5, 0.6) is 5.88 Å². The van der Waals surface area contributed by atoms with E-state index in [1.54, 1.807) is 28.0 Å². The zero-order chi connectivity index (χ0) is 31.8. The van der Waals surface area contributed by atoms with E-state index in [1.807, 2.05) is 32.0 Å². The first-order chi connectivity index (χ1) is 20.7. The van der Waals surface area contributed by atoms with Gasteiger partial charge in [0.2, 0.25) is 17.7 Å². The number of rotatable bonds is 5. The second kappa shape index (κ2) is 12.2. The fraction of sp³-hybridized carbons (Fsp3) is 0.438. The average Bonchev–Trinajstić information content (AvgIpc) is 2.93. The van der Waals surface area contributed by atoms with Crippen molar-refractivity contribution in [3.8, 4) is 17.1 Å². The molecule has 3 heterocycles. The molecule has 4 bridgehead atoms. The van der Waals surface area contributed by atoms with E-state index in [-0.39, 0.29) is 52.0 Å². The number of fused-ring (bicyclic) bond motifs is 4. The molecule has 1 aromatic heterocycles. The van der Waals surface area contributed by atoms with Crippen molar-refractivity contribution in [3.63, 3.8) is 0 Å². The van der Waals surface area contributed by atoms with Crippen molar-refractivity contribution < 1.29 is 27.9 Å². The van der Waals surface area contributed by atoms with Gasteiger partial charge >= 0.3 is 0 Å². The summed E-state index contributed by atoms with van der Waals surface area (Å²) in [6.07, 6.45) is 0.586. The molecule has 44 heavy (non-hydrogen) atoms. The number of hydrogen-bond donors (Lipinski definition) is 2. The maximum Gasteiger partial charge on any atom is 0.264 e. The number of ether oxygens (including phenoxy) is 1. The number of amides is 2. The van der Waals surface area contributed by atoms with Gasteiger partial charge in [-0.2, -0.15) is 4.98 Å². The Balaban J connectivity index is 1.61. The highest BCUT2D eigenvalue weighted by Gasteiger charge is 2.37. The number of aromatic nitrogens is 2. The third-order valence-corrected chi connectivity index (χ3v) is 9.26. The van der Waals surface area contributed by atoms with Crippen molar-refractivity contribution in [1.82, 2.24) is 19.8 Å². The summed E-state index contributed by atoms with van der Waals surface area (Å²) >= 11 is 0. The highest BCUT2D eigenvalue weighted by atomic mass is 32.2. The zero-order valence-electron chi connectivity index (χ0n) is 25.7. The molecule has 0 saturated carbocycles. The van der Waals surface area contributed by atoms with Crippen LogP contribution in [0.1, 0.15) is 48.7 Å². The lowest BCUT2D eigenvalue weighted by Crippen LogP contribution is -2.57. The van der Waals surface area contributed by atoms with Crippen LogP contribution in [-0.2, 0) is 14.8 Å². The molecule has 3 aromatic rings. The van der Waals surface area contributed by atoms with Gasteiger partial charge in [-0.1, -0.05) is 45.0 Å². The van der Waals surface area contributed by atoms with Crippen LogP contribution in [-0.4, -0.2) is 84.0 Å². The van der Waals surface area contributed by atoms with Gasteiger partial charge in [-0.15, -0.1) is 0 Å². The van der Waals surface area contributed by atoms with Gasteiger partial charge in [-0.25, -0.2) is 18.1 Å². The molecule has 0 radical (unpaired) electrons. The van der Waals surface area contributed by atoms with Crippen molar-refractivity contribution in [1.29, 1.82) is 0 Å². The largest absolute Gasteiger partial charge is 0.475 e. The Kier molecular flexibility index (Phi) is 8.68. The molecule has 5 rings (SSSR count). The summed E-state index contributed by atoms with van der Waals surface area (Å²) < 4.78 is 35.9. The summed E-state index contributed by atoms with van der Waals surface area (Å²) in [5, 5.41) is 9.25. The molecule has 2 N–H and O–H groups in total. The van der Waals surface area contributed by atoms with E-state index in [9.17, 15) is 23.1 Å². The highest BCUT2D eigenvalue weighted by molar-refractivity contribution is 7.92. The van der Waals surface area contributed by atoms with Gasteiger partial charge in [0.1, 0.15) is 13.2 Å². The Hall–Kier alpha value is -4.03. The standard InChI is InChI=1S/C32H39N5O6S/c1-20-8-6-9-21(2)29(20)26-13-27-34-31(33-26)35-44(41,42)25-11-7-10-23(12-25)30(40)37(24(19-43-27)14-32(3,4)5)17-22-15-36(16-22)28(39)18-38/h6-13,22,24,38H,14-19H2,1-5H3,(H,33,34,35)/t24-/m1/s1. The SMILES string of the molecule is Cc1cccc(C)c1-c1cc2nc(n1)NS(=O)(=O)c1cccc(c1)C(=O)N(CC1CN(C(=O)CO)C1)[C@H](CC(C)(C)C)CO2. The number of sulfonamides is 1. The van der Waals surface area contributed by atoms with Gasteiger partial charge in [0.05, 0.1) is 16.6 Å². The number of carbonyl (C=O) groups excluding carboxylic acids is 2. The van der Waals surface area contributed by atoms with Gasteiger partial charge in [-0.05, 0) is 55.0 Å². The van der Waals surface area contributed by atoms with Crippen LogP contribution in [0.25, 0.3) is 11.3 Å². The first-order valence-electron chi connectivity index (χ1n) is 14.6. The molecule has 2 aromatic carbocycles. The Labute approximate surface area is 258 Å². The predicted octanol–water partition coefficient (Wildman–Crippen LogP) is 3.65. The molecular weight excluding hydrogens is 582 g/mol. The molecule has 2 aliphatic heterocycles. The van der Waals surface area contributed by atoms with Crippen LogP contribution < -0.4 is 9.46 Å². The summed E-state index contributed by atoms with van der Waals surface area (Å²) in [6, 6.07) is 13.1. The fourth-order valence-electron chi connectivity index (χ4n) is 5.84. The minimum absolute atomic E-state index is 0.0116. The number of hydrogen-bond acceptors (Lipinski definition) is 8. The van der Waals surface area contributed by atoms with Crippen molar-refractivity contribution in [2.45, 2.75) is 52.0 Å². The molecule has 2 aliphatic rings. The monoisotopic (exact) mass is 621 g/mol. The van der Waals surface area contributed by atoms with Crippen molar-refractivity contribution >= 4 is 27.8 Å². The minimum Gasteiger partial charge on any atom is -0.475 e. The summed E-state index contributed by atoms with van der Waals surface area (Å²) in [4.78, 5) is 38.3. The van der Waals surface area contributed by atoms with Crippen LogP contribution in [0, 0.1) is 25.2 Å². The molecule has 0 aliphatic carbocycles. The Morgan fingerprint density at radius 3 is 2.41 bits per heavy atom. The second-order valence-corrected chi connectivity index (χ2v) is 14.5. The number of aliphatic hydroxyl groups excluding tert-OH is 1. The van der Waals surface area contributed by atoms with Crippen LogP contribution in [0.2, 0.25) is 0 Å². The number of carbonyl (C=O) groups is 2. The van der Waals surface area contributed by atoms with E-state index in [0.29, 0.717) is 31.7 Å². The second-order valence-electron chi connectivity index (χ2n) is 12.8. The molecule has 2 amide bonds. The van der Waals surface area contributed by atoms with Gasteiger partial charge in [0.15, 0.2) is 0 Å². The molecule has 1 saturated heterocycles. The molecule has 12 heteroatoms. The maximum atomic E-state index is 14.2. The van der Waals surface area contributed by atoms with Crippen LogP contribution in [0.15, 0.2) is 53.4 Å². The highest BCUT2D eigenvalue weighted by Crippen LogP contribution is 2.32. The Morgan fingerprint density at radius 1 is 1.07 bits per heavy atom. The first kappa shape index (κ1) is 31.4.